The average molecular weight is 284 g/mol. The molecule has 0 radical (unpaired) electrons. The van der Waals surface area contributed by atoms with Gasteiger partial charge in [-0.1, -0.05) is 0 Å². The molecule has 0 heterocycles. The SMILES string of the molecule is CS(=O)Oc1cc(C#N)c(C#N)cc1S(C)(=O)=O. The van der Waals surface area contributed by atoms with Gasteiger partial charge >= 0.3 is 0 Å². The van der Waals surface area contributed by atoms with Crippen LogP contribution in [0.5, 0.6) is 5.75 Å². The van der Waals surface area contributed by atoms with Crippen molar-refractivity contribution in [3.8, 4) is 17.9 Å². The van der Waals surface area contributed by atoms with Crippen LogP contribution in [-0.2, 0) is 20.9 Å². The van der Waals surface area contributed by atoms with Crippen LogP contribution < -0.4 is 4.18 Å². The molecule has 0 N–H and O–H groups in total. The molecule has 0 aliphatic carbocycles. The van der Waals surface area contributed by atoms with Gasteiger partial charge in [-0.15, -0.1) is 0 Å². The Balaban J connectivity index is 3.64. The van der Waals surface area contributed by atoms with Crippen LogP contribution >= 0.6 is 0 Å². The Hall–Kier alpha value is -1.90. The lowest BCUT2D eigenvalue weighted by Crippen LogP contribution is -2.06. The van der Waals surface area contributed by atoms with Gasteiger partial charge in [-0.3, -0.25) is 0 Å². The van der Waals surface area contributed by atoms with Crippen LogP contribution in [0.25, 0.3) is 0 Å². The second-order valence-electron chi connectivity index (χ2n) is 3.33. The van der Waals surface area contributed by atoms with E-state index in [-0.39, 0.29) is 21.8 Å². The predicted octanol–water partition coefficient (Wildman–Crippen LogP) is 0.506. The zero-order valence-electron chi connectivity index (χ0n) is 9.50. The molecule has 1 unspecified atom stereocenters. The first kappa shape index (κ1) is 14.2. The van der Waals surface area contributed by atoms with E-state index in [0.29, 0.717) is 0 Å². The van der Waals surface area contributed by atoms with E-state index >= 15 is 0 Å². The number of hydrogen-bond donors (Lipinski definition) is 0. The third kappa shape index (κ3) is 3.06. The van der Waals surface area contributed by atoms with Gasteiger partial charge in [0.2, 0.25) is 11.1 Å². The Morgan fingerprint density at radius 2 is 1.72 bits per heavy atom. The molecule has 1 aromatic carbocycles. The molecule has 1 atom stereocenters. The van der Waals surface area contributed by atoms with Gasteiger partial charge < -0.3 is 4.18 Å². The number of benzene rings is 1. The second-order valence-corrected chi connectivity index (χ2v) is 6.28. The minimum atomic E-state index is -3.66. The lowest BCUT2D eigenvalue weighted by Gasteiger charge is -2.08. The van der Waals surface area contributed by atoms with Crippen molar-refractivity contribution in [3.05, 3.63) is 23.3 Å². The largest absolute Gasteiger partial charge is 0.399 e. The van der Waals surface area contributed by atoms with E-state index in [1.54, 1.807) is 12.1 Å². The van der Waals surface area contributed by atoms with Crippen LogP contribution in [0.4, 0.5) is 0 Å². The van der Waals surface area contributed by atoms with Crippen molar-refractivity contribution in [2.45, 2.75) is 4.90 Å². The van der Waals surface area contributed by atoms with E-state index < -0.39 is 20.9 Å². The van der Waals surface area contributed by atoms with E-state index in [1.807, 2.05) is 0 Å². The van der Waals surface area contributed by atoms with Crippen molar-refractivity contribution in [2.75, 3.05) is 12.5 Å². The third-order valence-corrected chi connectivity index (χ3v) is 3.46. The van der Waals surface area contributed by atoms with E-state index in [2.05, 4.69) is 0 Å². The maximum Gasteiger partial charge on any atom is 0.203 e. The molecule has 18 heavy (non-hydrogen) atoms. The summed E-state index contributed by atoms with van der Waals surface area (Å²) in [6.07, 6.45) is 2.15. The molecule has 94 valence electrons. The first-order valence-electron chi connectivity index (χ1n) is 4.49. The molecule has 0 spiro atoms. The van der Waals surface area contributed by atoms with Gasteiger partial charge in [0.05, 0.1) is 11.1 Å². The highest BCUT2D eigenvalue weighted by Crippen LogP contribution is 2.28. The summed E-state index contributed by atoms with van der Waals surface area (Å²) in [7, 11) is -3.66. The summed E-state index contributed by atoms with van der Waals surface area (Å²) in [5, 5.41) is 17.6. The standard InChI is InChI=1S/C10H8N2O4S2/c1-17(13)16-9-3-7(5-11)8(6-12)4-10(9)18(2,14)15/h3-4H,1-2H3. The van der Waals surface area contributed by atoms with Gasteiger partial charge in [0.15, 0.2) is 15.6 Å². The van der Waals surface area contributed by atoms with Gasteiger partial charge in [0.1, 0.15) is 17.0 Å². The van der Waals surface area contributed by atoms with Crippen LogP contribution in [-0.4, -0.2) is 25.1 Å². The molecule has 1 aromatic rings. The summed E-state index contributed by atoms with van der Waals surface area (Å²) in [4.78, 5) is -0.270. The van der Waals surface area contributed by atoms with E-state index in [1.165, 1.54) is 6.26 Å². The van der Waals surface area contributed by atoms with Gasteiger partial charge in [-0.2, -0.15) is 10.5 Å². The summed E-state index contributed by atoms with van der Waals surface area (Å²) in [5.41, 5.74) is -0.113. The molecule has 0 amide bonds. The summed E-state index contributed by atoms with van der Waals surface area (Å²) in [6.45, 7) is 0. The molecule has 0 bridgehead atoms. The molecular formula is C10H8N2O4S2. The number of sulfone groups is 1. The lowest BCUT2D eigenvalue weighted by atomic mass is 10.1. The highest BCUT2D eigenvalue weighted by Gasteiger charge is 2.19. The molecule has 8 heteroatoms. The van der Waals surface area contributed by atoms with Crippen molar-refractivity contribution < 1.29 is 16.8 Å². The van der Waals surface area contributed by atoms with Crippen molar-refractivity contribution in [1.82, 2.24) is 0 Å². The molecule has 1 rings (SSSR count). The highest BCUT2D eigenvalue weighted by atomic mass is 32.2. The molecule has 6 nitrogen and oxygen atoms in total. The van der Waals surface area contributed by atoms with Crippen molar-refractivity contribution >= 4 is 20.9 Å². The fraction of sp³-hybridized carbons (Fsp3) is 0.200. The molecule has 0 aliphatic heterocycles. The monoisotopic (exact) mass is 284 g/mol. The Morgan fingerprint density at radius 3 is 2.11 bits per heavy atom. The number of nitriles is 2. The number of hydrogen-bond acceptors (Lipinski definition) is 6. The fourth-order valence-electron chi connectivity index (χ4n) is 1.23. The van der Waals surface area contributed by atoms with Crippen molar-refractivity contribution in [1.29, 1.82) is 10.5 Å². The van der Waals surface area contributed by atoms with Crippen LogP contribution in [0, 0.1) is 22.7 Å². The minimum Gasteiger partial charge on any atom is -0.399 e. The first-order chi connectivity index (χ1) is 8.29. The highest BCUT2D eigenvalue weighted by molar-refractivity contribution is 7.90. The van der Waals surface area contributed by atoms with Gasteiger partial charge in [0, 0.05) is 18.6 Å². The Bertz CT molecular complexity index is 696. The minimum absolute atomic E-state index is 0.0367. The Labute approximate surface area is 107 Å². The molecule has 0 saturated heterocycles. The quantitative estimate of drug-likeness (QED) is 0.800. The van der Waals surface area contributed by atoms with Crippen LogP contribution in [0.3, 0.4) is 0 Å². The van der Waals surface area contributed by atoms with Crippen molar-refractivity contribution in [2.24, 2.45) is 0 Å². The third-order valence-electron chi connectivity index (χ3n) is 1.93. The normalized spacial score (nSPS) is 12.2. The van der Waals surface area contributed by atoms with Gasteiger partial charge in [0.25, 0.3) is 0 Å². The second kappa shape index (κ2) is 5.17. The van der Waals surface area contributed by atoms with E-state index in [4.69, 9.17) is 14.7 Å². The molecule has 0 aromatic heterocycles. The smallest absolute Gasteiger partial charge is 0.203 e. The molecule has 0 fully saturated rings. The summed E-state index contributed by atoms with van der Waals surface area (Å²) < 4.78 is 38.9. The van der Waals surface area contributed by atoms with E-state index in [0.717, 1.165) is 18.4 Å². The predicted molar refractivity (Wildman–Crippen MR) is 63.7 cm³/mol. The summed E-state index contributed by atoms with van der Waals surface area (Å²) >= 11 is -1.74. The zero-order valence-corrected chi connectivity index (χ0v) is 11.1. The van der Waals surface area contributed by atoms with Crippen LogP contribution in [0.15, 0.2) is 17.0 Å². The number of rotatable bonds is 3. The fourth-order valence-corrected chi connectivity index (χ4v) is 2.47. The lowest BCUT2D eigenvalue weighted by molar-refractivity contribution is 0.551. The zero-order chi connectivity index (χ0) is 13.9. The Kier molecular flexibility index (Phi) is 4.07. The topological polar surface area (TPSA) is 108 Å². The maximum absolute atomic E-state index is 11.5. The molecule has 0 aliphatic rings. The van der Waals surface area contributed by atoms with Gasteiger partial charge in [-0.05, 0) is 6.07 Å². The summed E-state index contributed by atoms with van der Waals surface area (Å²) in [6, 6.07) is 5.60. The molecular weight excluding hydrogens is 276 g/mol. The van der Waals surface area contributed by atoms with Crippen molar-refractivity contribution in [3.63, 3.8) is 0 Å². The van der Waals surface area contributed by atoms with Crippen LogP contribution in [0.1, 0.15) is 11.1 Å². The van der Waals surface area contributed by atoms with Crippen LogP contribution in [0.2, 0.25) is 0 Å². The average Bonchev–Trinajstić information content (AvgIpc) is 2.26. The van der Waals surface area contributed by atoms with Gasteiger partial charge in [-0.25, -0.2) is 12.6 Å². The van der Waals surface area contributed by atoms with E-state index in [9.17, 15) is 12.6 Å². The maximum atomic E-state index is 11.5. The first-order valence-corrected chi connectivity index (χ1v) is 7.87. The Morgan fingerprint density at radius 1 is 1.22 bits per heavy atom. The summed E-state index contributed by atoms with van der Waals surface area (Å²) in [5.74, 6) is -0.200. The molecule has 0 saturated carbocycles. The number of nitrogens with zero attached hydrogens (tertiary/aromatic N) is 2.